The Balaban J connectivity index is 1.56. The van der Waals surface area contributed by atoms with Crippen LogP contribution in [0.5, 0.6) is 0 Å². The number of amides is 3. The first-order chi connectivity index (χ1) is 15.0. The molecular formula is C24H31N3O3S. The van der Waals surface area contributed by atoms with E-state index in [0.29, 0.717) is 19.5 Å². The number of likely N-dealkylation sites (tertiary alicyclic amines) is 1. The Morgan fingerprint density at radius 1 is 1.16 bits per heavy atom. The smallest absolute Gasteiger partial charge is 0.318 e. The van der Waals surface area contributed by atoms with E-state index in [9.17, 15) is 14.7 Å². The number of hydrogen-bond acceptors (Lipinski definition) is 4. The van der Waals surface area contributed by atoms with Gasteiger partial charge in [-0.1, -0.05) is 49.2 Å². The lowest BCUT2D eigenvalue weighted by molar-refractivity contribution is -0.131. The topological polar surface area (TPSA) is 81.7 Å². The summed E-state index contributed by atoms with van der Waals surface area (Å²) in [5, 5.41) is 19.4. The number of urea groups is 1. The monoisotopic (exact) mass is 441 g/mol. The number of thiophene rings is 1. The van der Waals surface area contributed by atoms with Crippen LogP contribution in [0.15, 0.2) is 47.8 Å². The van der Waals surface area contributed by atoms with Gasteiger partial charge in [0.25, 0.3) is 0 Å². The second-order valence-electron chi connectivity index (χ2n) is 8.87. The van der Waals surface area contributed by atoms with E-state index in [0.717, 1.165) is 36.1 Å². The lowest BCUT2D eigenvalue weighted by atomic mass is 9.81. The molecule has 2 aliphatic rings. The van der Waals surface area contributed by atoms with Crippen LogP contribution in [0.1, 0.15) is 55.5 Å². The molecule has 3 atom stereocenters. The largest absolute Gasteiger partial charge is 0.388 e. The number of benzene rings is 1. The van der Waals surface area contributed by atoms with Gasteiger partial charge in [-0.3, -0.25) is 4.79 Å². The van der Waals surface area contributed by atoms with Gasteiger partial charge >= 0.3 is 6.03 Å². The van der Waals surface area contributed by atoms with Gasteiger partial charge in [-0.05, 0) is 43.2 Å². The third-order valence-electron chi connectivity index (χ3n) is 6.59. The van der Waals surface area contributed by atoms with Crippen LogP contribution in [0.3, 0.4) is 0 Å². The Labute approximate surface area is 187 Å². The molecule has 1 saturated heterocycles. The summed E-state index contributed by atoms with van der Waals surface area (Å²) in [4.78, 5) is 28.9. The molecule has 1 aliphatic heterocycles. The molecule has 1 saturated carbocycles. The van der Waals surface area contributed by atoms with Crippen molar-refractivity contribution in [2.45, 2.75) is 63.3 Å². The van der Waals surface area contributed by atoms with Gasteiger partial charge in [-0.15, -0.1) is 11.3 Å². The van der Waals surface area contributed by atoms with Crippen LogP contribution in [0, 0.1) is 5.92 Å². The van der Waals surface area contributed by atoms with Crippen LogP contribution in [-0.2, 0) is 11.3 Å². The fourth-order valence-electron chi connectivity index (χ4n) is 4.74. The molecule has 166 valence electrons. The van der Waals surface area contributed by atoms with Crippen LogP contribution in [0.25, 0.3) is 0 Å². The number of nitrogens with zero attached hydrogens (tertiary/aromatic N) is 1. The van der Waals surface area contributed by atoms with Crippen molar-refractivity contribution in [3.05, 3.63) is 58.3 Å². The zero-order chi connectivity index (χ0) is 21.8. The van der Waals surface area contributed by atoms with Crippen molar-refractivity contribution in [2.24, 2.45) is 5.92 Å². The Morgan fingerprint density at radius 2 is 1.90 bits per heavy atom. The third-order valence-corrected chi connectivity index (χ3v) is 7.53. The number of aliphatic hydroxyl groups is 1. The summed E-state index contributed by atoms with van der Waals surface area (Å²) in [6.45, 7) is 2.63. The van der Waals surface area contributed by atoms with Gasteiger partial charge in [0.15, 0.2) is 0 Å². The number of rotatable bonds is 5. The van der Waals surface area contributed by atoms with Crippen molar-refractivity contribution < 1.29 is 14.7 Å². The van der Waals surface area contributed by atoms with E-state index in [4.69, 9.17) is 0 Å². The highest BCUT2D eigenvalue weighted by molar-refractivity contribution is 7.10. The molecule has 1 aliphatic carbocycles. The zero-order valence-electron chi connectivity index (χ0n) is 17.9. The van der Waals surface area contributed by atoms with Crippen molar-refractivity contribution in [2.75, 3.05) is 6.54 Å². The third kappa shape index (κ3) is 4.93. The molecule has 3 amide bonds. The van der Waals surface area contributed by atoms with Crippen LogP contribution < -0.4 is 10.6 Å². The molecule has 7 heteroatoms. The Bertz CT molecular complexity index is 879. The molecule has 0 spiro atoms. The standard InChI is InChI=1S/C24H31N3O3S/c1-24(30)13-14-27(23(29)25-16-17-8-3-2-4-9-17)20(19-12-7-15-31-19)21(24)26-22(28)18-10-5-6-11-18/h2-4,7-9,12,15,18,20-21,30H,5-6,10-11,13-14,16H2,1H3,(H,25,29)(H,26,28). The zero-order valence-corrected chi connectivity index (χ0v) is 18.7. The summed E-state index contributed by atoms with van der Waals surface area (Å²) < 4.78 is 0. The van der Waals surface area contributed by atoms with Crippen LogP contribution in [-0.4, -0.2) is 40.1 Å². The van der Waals surface area contributed by atoms with E-state index in [1.54, 1.807) is 23.2 Å². The van der Waals surface area contributed by atoms with Gasteiger partial charge in [0.05, 0.1) is 17.7 Å². The molecule has 3 unspecified atom stereocenters. The summed E-state index contributed by atoms with van der Waals surface area (Å²) in [7, 11) is 0. The molecule has 3 N–H and O–H groups in total. The SMILES string of the molecule is CC1(O)CCN(C(=O)NCc2ccccc2)C(c2cccs2)C1NC(=O)C1CCCC1. The summed E-state index contributed by atoms with van der Waals surface area (Å²) in [6, 6.07) is 12.6. The predicted octanol–water partition coefficient (Wildman–Crippen LogP) is 3.83. The van der Waals surface area contributed by atoms with E-state index < -0.39 is 17.7 Å². The minimum atomic E-state index is -1.10. The van der Waals surface area contributed by atoms with E-state index in [-0.39, 0.29) is 17.9 Å². The first-order valence-corrected chi connectivity index (χ1v) is 12.0. The van der Waals surface area contributed by atoms with Crippen LogP contribution >= 0.6 is 11.3 Å². The molecule has 4 rings (SSSR count). The van der Waals surface area contributed by atoms with Gasteiger partial charge in [-0.2, -0.15) is 0 Å². The molecule has 1 aromatic heterocycles. The normalized spacial score (nSPS) is 26.6. The predicted molar refractivity (Wildman–Crippen MR) is 122 cm³/mol. The Morgan fingerprint density at radius 3 is 2.58 bits per heavy atom. The fraction of sp³-hybridized carbons (Fsp3) is 0.500. The number of hydrogen-bond donors (Lipinski definition) is 3. The first-order valence-electron chi connectivity index (χ1n) is 11.1. The lowest BCUT2D eigenvalue weighted by Gasteiger charge is -2.48. The highest BCUT2D eigenvalue weighted by Gasteiger charge is 2.48. The van der Waals surface area contributed by atoms with Gasteiger partial charge in [0.2, 0.25) is 5.91 Å². The van der Waals surface area contributed by atoms with Gasteiger partial charge in [0, 0.05) is 23.9 Å². The van der Waals surface area contributed by atoms with Gasteiger partial charge in [-0.25, -0.2) is 4.79 Å². The van der Waals surface area contributed by atoms with E-state index >= 15 is 0 Å². The minimum absolute atomic E-state index is 0.00192. The maximum Gasteiger partial charge on any atom is 0.318 e. The maximum atomic E-state index is 13.2. The van der Waals surface area contributed by atoms with Crippen molar-refractivity contribution in [3.63, 3.8) is 0 Å². The lowest BCUT2D eigenvalue weighted by Crippen LogP contribution is -2.64. The summed E-state index contributed by atoms with van der Waals surface area (Å²) in [6.07, 6.45) is 4.34. The number of nitrogens with one attached hydrogen (secondary N) is 2. The van der Waals surface area contributed by atoms with Gasteiger partial charge < -0.3 is 20.6 Å². The molecule has 0 bridgehead atoms. The maximum absolute atomic E-state index is 13.2. The molecule has 0 radical (unpaired) electrons. The van der Waals surface area contributed by atoms with Crippen LogP contribution in [0.2, 0.25) is 0 Å². The summed E-state index contributed by atoms with van der Waals surface area (Å²) >= 11 is 1.54. The number of carbonyl (C=O) groups excluding carboxylic acids is 2. The summed E-state index contributed by atoms with van der Waals surface area (Å²) in [5.41, 5.74) is -0.0716. The Hall–Kier alpha value is -2.38. The Kier molecular flexibility index (Phi) is 6.62. The molecule has 2 aromatic rings. The second-order valence-corrected chi connectivity index (χ2v) is 9.85. The molecule has 1 aromatic carbocycles. The van der Waals surface area contributed by atoms with E-state index in [1.807, 2.05) is 47.8 Å². The molecular weight excluding hydrogens is 410 g/mol. The summed E-state index contributed by atoms with van der Waals surface area (Å²) in [5.74, 6) is -0.00190. The van der Waals surface area contributed by atoms with Crippen molar-refractivity contribution in [1.82, 2.24) is 15.5 Å². The molecule has 2 heterocycles. The van der Waals surface area contributed by atoms with E-state index in [2.05, 4.69) is 10.6 Å². The molecule has 2 fully saturated rings. The molecule has 6 nitrogen and oxygen atoms in total. The highest BCUT2D eigenvalue weighted by Crippen LogP contribution is 2.39. The average molecular weight is 442 g/mol. The van der Waals surface area contributed by atoms with E-state index in [1.165, 1.54) is 0 Å². The minimum Gasteiger partial charge on any atom is -0.388 e. The number of piperidine rings is 1. The quantitative estimate of drug-likeness (QED) is 0.660. The van der Waals surface area contributed by atoms with Crippen LogP contribution in [0.4, 0.5) is 4.79 Å². The van der Waals surface area contributed by atoms with Crippen molar-refractivity contribution in [3.8, 4) is 0 Å². The van der Waals surface area contributed by atoms with Crippen molar-refractivity contribution in [1.29, 1.82) is 0 Å². The number of carbonyl (C=O) groups is 2. The first kappa shape index (κ1) is 21.8. The molecule has 31 heavy (non-hydrogen) atoms. The fourth-order valence-corrected chi connectivity index (χ4v) is 5.61. The highest BCUT2D eigenvalue weighted by atomic mass is 32.1. The second kappa shape index (κ2) is 9.40. The average Bonchev–Trinajstić information content (AvgIpc) is 3.48. The van der Waals surface area contributed by atoms with Gasteiger partial charge in [0.1, 0.15) is 0 Å². The van der Waals surface area contributed by atoms with Crippen molar-refractivity contribution >= 4 is 23.3 Å².